The topological polar surface area (TPSA) is 75.2 Å². The minimum Gasteiger partial charge on any atom is -0.381 e. The fourth-order valence-electron chi connectivity index (χ4n) is 3.61. The van der Waals surface area contributed by atoms with Gasteiger partial charge in [0, 0.05) is 45.0 Å². The Hall–Kier alpha value is -2.12. The Labute approximate surface area is 167 Å². The number of hydrogen-bond donors (Lipinski definition) is 2. The van der Waals surface area contributed by atoms with Crippen LogP contribution in [0.5, 0.6) is 0 Å². The van der Waals surface area contributed by atoms with Crippen molar-refractivity contribution in [1.29, 1.82) is 0 Å². The highest BCUT2D eigenvalue weighted by atomic mass is 16.5. The molecule has 1 amide bonds. The van der Waals surface area contributed by atoms with E-state index in [1.54, 1.807) is 7.05 Å². The van der Waals surface area contributed by atoms with Crippen molar-refractivity contribution < 1.29 is 14.3 Å². The average molecular weight is 389 g/mol. The number of ether oxygens (including phenoxy) is 2. The van der Waals surface area contributed by atoms with E-state index >= 15 is 0 Å². The molecule has 0 saturated carbocycles. The Balaban J connectivity index is 1.33. The summed E-state index contributed by atoms with van der Waals surface area (Å²) < 4.78 is 11.0. The van der Waals surface area contributed by atoms with Crippen LogP contribution in [0.3, 0.4) is 0 Å². The molecule has 7 nitrogen and oxygen atoms in total. The molecule has 0 radical (unpaired) electrons. The van der Waals surface area contributed by atoms with Crippen LogP contribution >= 0.6 is 0 Å². The minimum atomic E-state index is 0.0669. The van der Waals surface area contributed by atoms with Gasteiger partial charge in [0.25, 0.3) is 0 Å². The van der Waals surface area contributed by atoms with Crippen LogP contribution in [0, 0.1) is 5.92 Å². The summed E-state index contributed by atoms with van der Waals surface area (Å²) in [6, 6.07) is 8.14. The second-order valence-corrected chi connectivity index (χ2v) is 7.29. The summed E-state index contributed by atoms with van der Waals surface area (Å²) in [7, 11) is 1.71. The Morgan fingerprint density at radius 1 is 1.36 bits per heavy atom. The van der Waals surface area contributed by atoms with Crippen LogP contribution in [0.25, 0.3) is 0 Å². The number of para-hydroxylation sites is 1. The van der Waals surface area contributed by atoms with E-state index in [2.05, 4.69) is 21.7 Å². The Kier molecular flexibility index (Phi) is 8.11. The van der Waals surface area contributed by atoms with Gasteiger partial charge >= 0.3 is 0 Å². The second-order valence-electron chi connectivity index (χ2n) is 7.29. The molecule has 1 atom stereocenters. The summed E-state index contributed by atoms with van der Waals surface area (Å²) in [6.07, 6.45) is 4.03. The first-order valence-corrected chi connectivity index (χ1v) is 10.3. The third-order valence-electron chi connectivity index (χ3n) is 5.18. The molecule has 1 saturated heterocycles. The third-order valence-corrected chi connectivity index (χ3v) is 5.18. The number of hydrogen-bond acceptors (Lipinski definition) is 4. The van der Waals surface area contributed by atoms with Crippen LogP contribution in [0.4, 0.5) is 5.69 Å². The van der Waals surface area contributed by atoms with Crippen LogP contribution in [0.1, 0.15) is 24.8 Å². The summed E-state index contributed by atoms with van der Waals surface area (Å²) in [4.78, 5) is 18.7. The zero-order chi connectivity index (χ0) is 19.6. The number of carbonyl (C=O) groups is 1. The molecule has 28 heavy (non-hydrogen) atoms. The largest absolute Gasteiger partial charge is 0.381 e. The number of amides is 1. The van der Waals surface area contributed by atoms with Gasteiger partial charge in [-0.25, -0.2) is 0 Å². The molecule has 0 aliphatic carbocycles. The fourth-order valence-corrected chi connectivity index (χ4v) is 3.61. The lowest BCUT2D eigenvalue weighted by atomic mass is 10.0. The van der Waals surface area contributed by atoms with Crippen molar-refractivity contribution >= 4 is 17.6 Å². The van der Waals surface area contributed by atoms with Gasteiger partial charge in [-0.05, 0) is 37.3 Å². The Morgan fingerprint density at radius 3 is 3.07 bits per heavy atom. The summed E-state index contributed by atoms with van der Waals surface area (Å²) >= 11 is 0. The van der Waals surface area contributed by atoms with Crippen molar-refractivity contribution in [1.82, 2.24) is 10.6 Å². The number of anilines is 1. The van der Waals surface area contributed by atoms with Gasteiger partial charge in [-0.3, -0.25) is 9.79 Å². The molecule has 0 spiro atoms. The van der Waals surface area contributed by atoms with Crippen molar-refractivity contribution in [2.24, 2.45) is 10.9 Å². The van der Waals surface area contributed by atoms with E-state index in [1.807, 2.05) is 23.1 Å². The molecule has 3 rings (SSSR count). The maximum Gasteiger partial charge on any atom is 0.246 e. The summed E-state index contributed by atoms with van der Waals surface area (Å²) in [5, 5.41) is 6.36. The van der Waals surface area contributed by atoms with E-state index in [9.17, 15) is 4.79 Å². The van der Waals surface area contributed by atoms with Gasteiger partial charge in [-0.2, -0.15) is 0 Å². The van der Waals surface area contributed by atoms with E-state index in [1.165, 1.54) is 5.56 Å². The summed E-state index contributed by atoms with van der Waals surface area (Å²) in [5.74, 6) is 1.26. The van der Waals surface area contributed by atoms with Gasteiger partial charge < -0.3 is 25.0 Å². The lowest BCUT2D eigenvalue weighted by Crippen LogP contribution is -2.46. The molecule has 154 valence electrons. The molecule has 1 unspecified atom stereocenters. The van der Waals surface area contributed by atoms with E-state index in [-0.39, 0.29) is 12.5 Å². The van der Waals surface area contributed by atoms with Crippen molar-refractivity contribution in [3.63, 3.8) is 0 Å². The number of nitrogens with one attached hydrogen (secondary N) is 2. The number of carbonyl (C=O) groups excluding carboxylic acids is 1. The minimum absolute atomic E-state index is 0.0669. The maximum atomic E-state index is 12.7. The van der Waals surface area contributed by atoms with Crippen molar-refractivity contribution in [2.45, 2.75) is 25.7 Å². The van der Waals surface area contributed by atoms with Gasteiger partial charge in [0.05, 0.1) is 19.8 Å². The molecular weight excluding hydrogens is 356 g/mol. The normalized spacial score (nSPS) is 19.4. The number of aryl methyl sites for hydroxylation is 1. The molecule has 0 bridgehead atoms. The van der Waals surface area contributed by atoms with Crippen LogP contribution in [-0.4, -0.2) is 65.0 Å². The average Bonchev–Trinajstić information content (AvgIpc) is 3.25. The molecule has 1 fully saturated rings. The molecule has 0 aromatic heterocycles. The highest BCUT2D eigenvalue weighted by Crippen LogP contribution is 2.26. The van der Waals surface area contributed by atoms with Crippen LogP contribution in [0.15, 0.2) is 29.3 Å². The smallest absolute Gasteiger partial charge is 0.246 e. The van der Waals surface area contributed by atoms with E-state index < -0.39 is 0 Å². The van der Waals surface area contributed by atoms with Gasteiger partial charge in [-0.15, -0.1) is 0 Å². The maximum absolute atomic E-state index is 12.7. The third kappa shape index (κ3) is 5.94. The molecule has 2 N–H and O–H groups in total. The summed E-state index contributed by atoms with van der Waals surface area (Å²) in [6.45, 7) is 4.92. The number of nitrogens with zero attached hydrogens (tertiary/aromatic N) is 2. The Morgan fingerprint density at radius 2 is 2.25 bits per heavy atom. The van der Waals surface area contributed by atoms with Crippen LogP contribution in [0.2, 0.25) is 0 Å². The summed E-state index contributed by atoms with van der Waals surface area (Å²) in [5.41, 5.74) is 2.28. The van der Waals surface area contributed by atoms with Gasteiger partial charge in [0.1, 0.15) is 0 Å². The first kappa shape index (κ1) is 20.6. The molecule has 2 heterocycles. The monoisotopic (exact) mass is 388 g/mol. The van der Waals surface area contributed by atoms with Crippen molar-refractivity contribution in [3.8, 4) is 0 Å². The molecule has 1 aromatic carbocycles. The SMILES string of the molecule is CN=C(NCCCOCC1CCOC1)NCC(=O)N1CCCc2ccccc21. The second kappa shape index (κ2) is 11.0. The fraction of sp³-hybridized carbons (Fsp3) is 0.619. The predicted molar refractivity (Wildman–Crippen MR) is 111 cm³/mol. The quantitative estimate of drug-likeness (QED) is 0.402. The molecule has 1 aromatic rings. The predicted octanol–water partition coefficient (Wildman–Crippen LogP) is 1.57. The molecule has 7 heteroatoms. The van der Waals surface area contributed by atoms with Crippen LogP contribution in [-0.2, 0) is 20.7 Å². The number of rotatable bonds is 8. The number of benzene rings is 1. The highest BCUT2D eigenvalue weighted by molar-refractivity contribution is 5.98. The lowest BCUT2D eigenvalue weighted by Gasteiger charge is -2.29. The molecule has 2 aliphatic rings. The van der Waals surface area contributed by atoms with E-state index in [0.717, 1.165) is 64.3 Å². The number of fused-ring (bicyclic) bond motifs is 1. The number of guanidine groups is 1. The molecular formula is C21H32N4O3. The van der Waals surface area contributed by atoms with Crippen LogP contribution < -0.4 is 15.5 Å². The lowest BCUT2D eigenvalue weighted by molar-refractivity contribution is -0.117. The zero-order valence-corrected chi connectivity index (χ0v) is 16.8. The zero-order valence-electron chi connectivity index (χ0n) is 16.8. The van der Waals surface area contributed by atoms with Crippen molar-refractivity contribution in [2.75, 3.05) is 58.0 Å². The standard InChI is InChI=1S/C21H32N4O3/c1-22-21(23-10-5-12-27-15-17-9-13-28-16-17)24-14-20(26)25-11-4-7-18-6-2-3-8-19(18)25/h2-3,6,8,17H,4-5,7,9-16H2,1H3,(H2,22,23,24). The Bertz CT molecular complexity index is 659. The highest BCUT2D eigenvalue weighted by Gasteiger charge is 2.22. The van der Waals surface area contributed by atoms with E-state index in [4.69, 9.17) is 9.47 Å². The van der Waals surface area contributed by atoms with Gasteiger partial charge in [0.2, 0.25) is 5.91 Å². The van der Waals surface area contributed by atoms with Gasteiger partial charge in [-0.1, -0.05) is 18.2 Å². The first-order valence-electron chi connectivity index (χ1n) is 10.3. The van der Waals surface area contributed by atoms with E-state index in [0.29, 0.717) is 18.5 Å². The first-order chi connectivity index (χ1) is 13.8. The van der Waals surface area contributed by atoms with Gasteiger partial charge in [0.15, 0.2) is 5.96 Å². The van der Waals surface area contributed by atoms with Crippen molar-refractivity contribution in [3.05, 3.63) is 29.8 Å². The molecule has 2 aliphatic heterocycles. The number of aliphatic imine (C=N–C) groups is 1.